The summed E-state index contributed by atoms with van der Waals surface area (Å²) >= 11 is 1.82. The molecule has 18 heavy (non-hydrogen) atoms. The molecule has 0 bridgehead atoms. The first-order chi connectivity index (χ1) is 8.70. The molecule has 1 fully saturated rings. The average molecular weight is 267 g/mol. The monoisotopic (exact) mass is 267 g/mol. The number of carbonyl (C=O) groups excluding carboxylic acids is 1. The third-order valence-electron chi connectivity index (χ3n) is 3.10. The van der Waals surface area contributed by atoms with Crippen LogP contribution >= 0.6 is 11.8 Å². The summed E-state index contributed by atoms with van der Waals surface area (Å²) in [7, 11) is 0. The van der Waals surface area contributed by atoms with E-state index in [0.717, 1.165) is 31.5 Å². The topological polar surface area (TPSA) is 66.1 Å². The van der Waals surface area contributed by atoms with Crippen LogP contribution in [-0.2, 0) is 0 Å². The van der Waals surface area contributed by atoms with Crippen LogP contribution in [0.3, 0.4) is 0 Å². The molecule has 1 aliphatic heterocycles. The van der Waals surface area contributed by atoms with Gasteiger partial charge in [0.1, 0.15) is 5.69 Å². The van der Waals surface area contributed by atoms with Crippen molar-refractivity contribution in [1.29, 1.82) is 0 Å². The number of aromatic amines is 1. The second-order valence-corrected chi connectivity index (χ2v) is 5.42. The fourth-order valence-corrected chi connectivity index (χ4v) is 2.99. The molecule has 1 unspecified atom stereocenters. The van der Waals surface area contributed by atoms with Crippen molar-refractivity contribution >= 4 is 17.7 Å². The largest absolute Gasteiger partial charge is 0.337 e. The molecule has 0 radical (unpaired) electrons. The lowest BCUT2D eigenvalue weighted by Gasteiger charge is -2.32. The number of carbonyl (C=O) groups is 1. The summed E-state index contributed by atoms with van der Waals surface area (Å²) in [4.78, 5) is 31.3. The number of aromatic nitrogens is 2. The summed E-state index contributed by atoms with van der Waals surface area (Å²) in [6.07, 6.45) is 6.85. The number of H-pyrrole nitrogens is 1. The van der Waals surface area contributed by atoms with Gasteiger partial charge >= 0.3 is 0 Å². The normalized spacial score (nSPS) is 19.8. The quantitative estimate of drug-likeness (QED) is 0.886. The van der Waals surface area contributed by atoms with E-state index in [1.807, 2.05) is 16.7 Å². The van der Waals surface area contributed by atoms with Gasteiger partial charge < -0.3 is 9.88 Å². The zero-order chi connectivity index (χ0) is 13.0. The first kappa shape index (κ1) is 13.1. The second kappa shape index (κ2) is 6.04. The zero-order valence-corrected chi connectivity index (χ0v) is 11.2. The molecule has 1 N–H and O–H groups in total. The Morgan fingerprint density at radius 2 is 2.50 bits per heavy atom. The first-order valence-electron chi connectivity index (χ1n) is 6.03. The minimum Gasteiger partial charge on any atom is -0.337 e. The van der Waals surface area contributed by atoms with E-state index < -0.39 is 0 Å². The van der Waals surface area contributed by atoms with Gasteiger partial charge in [-0.15, -0.1) is 0 Å². The van der Waals surface area contributed by atoms with Crippen LogP contribution in [0.15, 0.2) is 17.2 Å². The molecule has 1 atom stereocenters. The number of thioether (sulfide) groups is 1. The molecule has 2 heterocycles. The molecule has 98 valence electrons. The molecular weight excluding hydrogens is 250 g/mol. The Labute approximate surface area is 110 Å². The highest BCUT2D eigenvalue weighted by Crippen LogP contribution is 2.20. The predicted molar refractivity (Wildman–Crippen MR) is 71.9 cm³/mol. The van der Waals surface area contributed by atoms with Gasteiger partial charge in [0.15, 0.2) is 0 Å². The summed E-state index contributed by atoms with van der Waals surface area (Å²) in [5.41, 5.74) is 0.0323. The van der Waals surface area contributed by atoms with E-state index >= 15 is 0 Å². The number of nitrogens with one attached hydrogen (secondary N) is 1. The first-order valence-corrected chi connectivity index (χ1v) is 7.43. The Bertz CT molecular complexity index is 452. The van der Waals surface area contributed by atoms with E-state index in [9.17, 15) is 9.59 Å². The maximum atomic E-state index is 12.2. The van der Waals surface area contributed by atoms with Gasteiger partial charge in [0.2, 0.25) is 0 Å². The van der Waals surface area contributed by atoms with Crippen molar-refractivity contribution in [3.63, 3.8) is 0 Å². The maximum Gasteiger partial charge on any atom is 0.273 e. The standard InChI is InChI=1S/C12H17N3O2S/c1-18-8-9-3-2-4-15(7-9)12(17)10-5-14-11(16)6-13-10/h5-6,9H,2-4,7-8H2,1H3,(H,14,16). The third-order valence-corrected chi connectivity index (χ3v) is 3.90. The van der Waals surface area contributed by atoms with Gasteiger partial charge in [0.05, 0.1) is 6.20 Å². The van der Waals surface area contributed by atoms with Gasteiger partial charge in [-0.3, -0.25) is 9.59 Å². The zero-order valence-electron chi connectivity index (χ0n) is 10.4. The molecule has 1 aromatic rings. The fraction of sp³-hybridized carbons (Fsp3) is 0.583. The minimum absolute atomic E-state index is 0.0861. The predicted octanol–water partition coefficient (Wildman–Crippen LogP) is 0.985. The molecule has 0 aromatic carbocycles. The molecule has 1 amide bonds. The average Bonchev–Trinajstić information content (AvgIpc) is 2.39. The number of hydrogen-bond donors (Lipinski definition) is 1. The molecular formula is C12H17N3O2S. The van der Waals surface area contributed by atoms with Crippen LogP contribution in [0.25, 0.3) is 0 Å². The van der Waals surface area contributed by atoms with E-state index in [1.165, 1.54) is 12.6 Å². The highest BCUT2D eigenvalue weighted by atomic mass is 32.2. The van der Waals surface area contributed by atoms with Crippen molar-refractivity contribution in [1.82, 2.24) is 14.9 Å². The lowest BCUT2D eigenvalue weighted by Crippen LogP contribution is -2.41. The Morgan fingerprint density at radius 3 is 3.17 bits per heavy atom. The van der Waals surface area contributed by atoms with Gasteiger partial charge in [0, 0.05) is 19.3 Å². The van der Waals surface area contributed by atoms with E-state index in [1.54, 1.807) is 0 Å². The molecule has 5 nitrogen and oxygen atoms in total. The Kier molecular flexibility index (Phi) is 4.41. The summed E-state index contributed by atoms with van der Waals surface area (Å²) in [6, 6.07) is 0. The Hall–Kier alpha value is -1.30. The SMILES string of the molecule is CSCC1CCCN(C(=O)c2c[nH]c(=O)cn2)C1. The lowest BCUT2D eigenvalue weighted by atomic mass is 10.00. The van der Waals surface area contributed by atoms with Crippen LogP contribution in [0.2, 0.25) is 0 Å². The van der Waals surface area contributed by atoms with Crippen molar-refractivity contribution in [3.05, 3.63) is 28.4 Å². The fourth-order valence-electron chi connectivity index (χ4n) is 2.24. The van der Waals surface area contributed by atoms with E-state index in [-0.39, 0.29) is 11.5 Å². The van der Waals surface area contributed by atoms with Crippen molar-refractivity contribution in [3.8, 4) is 0 Å². The molecule has 1 saturated heterocycles. The minimum atomic E-state index is -0.287. The summed E-state index contributed by atoms with van der Waals surface area (Å²) in [5.74, 6) is 1.57. The number of amides is 1. The van der Waals surface area contributed by atoms with Crippen molar-refractivity contribution in [2.75, 3.05) is 25.1 Å². The van der Waals surface area contributed by atoms with E-state index in [4.69, 9.17) is 0 Å². The second-order valence-electron chi connectivity index (χ2n) is 4.51. The van der Waals surface area contributed by atoms with Gasteiger partial charge in [-0.05, 0) is 30.8 Å². The molecule has 6 heteroatoms. The Balaban J connectivity index is 2.04. The van der Waals surface area contributed by atoms with Crippen molar-refractivity contribution in [2.24, 2.45) is 5.92 Å². The number of likely N-dealkylation sites (tertiary alicyclic amines) is 1. The number of rotatable bonds is 3. The smallest absolute Gasteiger partial charge is 0.273 e. The van der Waals surface area contributed by atoms with Gasteiger partial charge in [-0.2, -0.15) is 11.8 Å². The van der Waals surface area contributed by atoms with Crippen LogP contribution in [-0.4, -0.2) is 45.9 Å². The molecule has 1 aliphatic rings. The summed E-state index contributed by atoms with van der Waals surface area (Å²) < 4.78 is 0. The summed E-state index contributed by atoms with van der Waals surface area (Å²) in [5, 5.41) is 0. The van der Waals surface area contributed by atoms with Crippen molar-refractivity contribution < 1.29 is 4.79 Å². The Morgan fingerprint density at radius 1 is 1.67 bits per heavy atom. The maximum absolute atomic E-state index is 12.2. The van der Waals surface area contributed by atoms with Crippen LogP contribution in [0.5, 0.6) is 0 Å². The molecule has 1 aromatic heterocycles. The van der Waals surface area contributed by atoms with Crippen LogP contribution in [0, 0.1) is 5.92 Å². The van der Waals surface area contributed by atoms with Gasteiger partial charge in [0.25, 0.3) is 11.5 Å². The lowest BCUT2D eigenvalue weighted by molar-refractivity contribution is 0.0679. The molecule has 2 rings (SSSR count). The molecule has 0 spiro atoms. The molecule has 0 saturated carbocycles. The highest BCUT2D eigenvalue weighted by molar-refractivity contribution is 7.98. The molecule has 0 aliphatic carbocycles. The van der Waals surface area contributed by atoms with E-state index in [0.29, 0.717) is 11.6 Å². The highest BCUT2D eigenvalue weighted by Gasteiger charge is 2.24. The van der Waals surface area contributed by atoms with Gasteiger partial charge in [-0.1, -0.05) is 0 Å². The van der Waals surface area contributed by atoms with Crippen LogP contribution < -0.4 is 5.56 Å². The van der Waals surface area contributed by atoms with Crippen LogP contribution in [0.4, 0.5) is 0 Å². The van der Waals surface area contributed by atoms with Crippen LogP contribution in [0.1, 0.15) is 23.3 Å². The summed E-state index contributed by atoms with van der Waals surface area (Å²) in [6.45, 7) is 1.57. The third kappa shape index (κ3) is 3.13. The number of nitrogens with zero attached hydrogens (tertiary/aromatic N) is 2. The van der Waals surface area contributed by atoms with Gasteiger partial charge in [-0.25, -0.2) is 4.98 Å². The van der Waals surface area contributed by atoms with E-state index in [2.05, 4.69) is 16.2 Å². The van der Waals surface area contributed by atoms with Crippen molar-refractivity contribution in [2.45, 2.75) is 12.8 Å². The number of piperidine rings is 1. The number of hydrogen-bond acceptors (Lipinski definition) is 4.